The van der Waals surface area contributed by atoms with E-state index < -0.39 is 36.3 Å². The van der Waals surface area contributed by atoms with Crippen LogP contribution in [0.5, 0.6) is 0 Å². The number of amides is 2. The van der Waals surface area contributed by atoms with Crippen LogP contribution < -0.4 is 10.8 Å². The Morgan fingerprint density at radius 2 is 1.79 bits per heavy atom. The maximum Gasteiger partial charge on any atom is 0.494 e. The molecule has 2 saturated heterocycles. The average Bonchev–Trinajstić information content (AvgIpc) is 3.21. The number of carboxylic acid groups (broad SMARTS) is 1. The fourth-order valence-corrected chi connectivity index (χ4v) is 3.58. The second-order valence-electron chi connectivity index (χ2n) is 8.68. The number of nitrogens with zero attached hydrogens (tertiary/aromatic N) is 1. The minimum absolute atomic E-state index is 0.0584. The van der Waals surface area contributed by atoms with E-state index in [0.29, 0.717) is 18.6 Å². The summed E-state index contributed by atoms with van der Waals surface area (Å²) in [6.45, 7) is 8.88. The van der Waals surface area contributed by atoms with Crippen LogP contribution >= 0.6 is 0 Å². The number of carbonyl (C=O) groups is 2. The van der Waals surface area contributed by atoms with Crippen LogP contribution in [-0.4, -0.2) is 59.5 Å². The van der Waals surface area contributed by atoms with Gasteiger partial charge in [0.25, 0.3) is 0 Å². The van der Waals surface area contributed by atoms with E-state index in [9.17, 15) is 14.0 Å². The Morgan fingerprint density at radius 1 is 1.21 bits per heavy atom. The largest absolute Gasteiger partial charge is 0.494 e. The van der Waals surface area contributed by atoms with Crippen molar-refractivity contribution >= 4 is 24.6 Å². The third-order valence-corrected chi connectivity index (χ3v) is 6.04. The molecule has 0 aromatic heterocycles. The molecule has 0 aliphatic carbocycles. The third-order valence-electron chi connectivity index (χ3n) is 6.04. The van der Waals surface area contributed by atoms with Gasteiger partial charge in [-0.15, -0.1) is 0 Å². The molecule has 1 aromatic rings. The van der Waals surface area contributed by atoms with Crippen molar-refractivity contribution in [2.75, 3.05) is 13.1 Å². The summed E-state index contributed by atoms with van der Waals surface area (Å²) in [7, 11) is -0.692. The topological polar surface area (TPSA) is 88.1 Å². The zero-order chi connectivity index (χ0) is 21.4. The first-order chi connectivity index (χ1) is 13.5. The number of carbonyl (C=O) groups excluding carboxylic acids is 1. The number of hydrogen-bond acceptors (Lipinski definition) is 4. The number of rotatable bonds is 5. The molecule has 0 radical (unpaired) electrons. The van der Waals surface area contributed by atoms with Gasteiger partial charge in [-0.3, -0.25) is 4.79 Å². The fraction of sp³-hybridized carbons (Fsp3) is 0.600. The van der Waals surface area contributed by atoms with Crippen molar-refractivity contribution in [2.24, 2.45) is 0 Å². The second kappa shape index (κ2) is 7.95. The van der Waals surface area contributed by atoms with Gasteiger partial charge in [0.1, 0.15) is 11.9 Å². The molecule has 2 heterocycles. The molecule has 2 N–H and O–H groups in total. The molecule has 158 valence electrons. The smallest absolute Gasteiger partial charge is 0.465 e. The lowest BCUT2D eigenvalue weighted by atomic mass is 9.78. The predicted molar refractivity (Wildman–Crippen MR) is 107 cm³/mol. The quantitative estimate of drug-likeness (QED) is 0.730. The molecule has 9 heteroatoms. The monoisotopic (exact) mass is 406 g/mol. The van der Waals surface area contributed by atoms with Gasteiger partial charge in [0.15, 0.2) is 0 Å². The van der Waals surface area contributed by atoms with Crippen LogP contribution in [0.4, 0.5) is 9.18 Å². The maximum absolute atomic E-state index is 14.8. The fourth-order valence-electron chi connectivity index (χ4n) is 3.58. The average molecular weight is 406 g/mol. The standard InChI is InChI=1S/C20H28BFN2O5/c1-19(2)20(3,4)29-21(28-19)14-8-7-13(15(22)12-14)11-16(23-18(26)27)17(25)24-9-5-6-10-24/h7-8,12,16,23H,5-6,9-11H2,1-4H3,(H,26,27)/t16-/m0/s1. The lowest BCUT2D eigenvalue weighted by molar-refractivity contribution is -0.132. The van der Waals surface area contributed by atoms with Crippen LogP contribution in [-0.2, 0) is 20.5 Å². The van der Waals surface area contributed by atoms with Gasteiger partial charge in [0, 0.05) is 19.5 Å². The van der Waals surface area contributed by atoms with Gasteiger partial charge < -0.3 is 24.6 Å². The summed E-state index contributed by atoms with van der Waals surface area (Å²) in [4.78, 5) is 25.4. The summed E-state index contributed by atoms with van der Waals surface area (Å²) in [6, 6.07) is 3.56. The Bertz CT molecular complexity index is 779. The summed E-state index contributed by atoms with van der Waals surface area (Å²) in [6.07, 6.45) is 0.416. The maximum atomic E-state index is 14.8. The van der Waals surface area contributed by atoms with Crippen LogP contribution in [0.2, 0.25) is 0 Å². The molecular weight excluding hydrogens is 378 g/mol. The summed E-state index contributed by atoms with van der Waals surface area (Å²) in [5, 5.41) is 11.3. The zero-order valence-electron chi connectivity index (χ0n) is 17.3. The van der Waals surface area contributed by atoms with E-state index in [4.69, 9.17) is 14.4 Å². The van der Waals surface area contributed by atoms with E-state index in [1.807, 2.05) is 27.7 Å². The van der Waals surface area contributed by atoms with E-state index in [2.05, 4.69) is 5.32 Å². The summed E-state index contributed by atoms with van der Waals surface area (Å²) in [5.74, 6) is -0.844. The number of nitrogens with one attached hydrogen (secondary N) is 1. The molecule has 1 atom stereocenters. The Kier molecular flexibility index (Phi) is 5.92. The highest BCUT2D eigenvalue weighted by atomic mass is 19.1. The van der Waals surface area contributed by atoms with Gasteiger partial charge in [0.05, 0.1) is 11.2 Å². The van der Waals surface area contributed by atoms with E-state index >= 15 is 0 Å². The Hall–Kier alpha value is -2.13. The van der Waals surface area contributed by atoms with Crippen LogP contribution in [0.15, 0.2) is 18.2 Å². The normalized spacial score (nSPS) is 21.3. The first-order valence-electron chi connectivity index (χ1n) is 9.92. The zero-order valence-corrected chi connectivity index (χ0v) is 17.3. The minimum atomic E-state index is -1.31. The molecule has 2 aliphatic heterocycles. The molecule has 0 bridgehead atoms. The van der Waals surface area contributed by atoms with Crippen molar-refractivity contribution in [3.05, 3.63) is 29.6 Å². The lowest BCUT2D eigenvalue weighted by Crippen LogP contribution is -2.48. The van der Waals surface area contributed by atoms with Crippen molar-refractivity contribution in [3.8, 4) is 0 Å². The molecule has 2 fully saturated rings. The van der Waals surface area contributed by atoms with E-state index in [0.717, 1.165) is 12.8 Å². The number of halogens is 1. The molecule has 0 spiro atoms. The minimum Gasteiger partial charge on any atom is -0.465 e. The third kappa shape index (κ3) is 4.56. The van der Waals surface area contributed by atoms with Crippen molar-refractivity contribution < 1.29 is 28.4 Å². The first-order valence-corrected chi connectivity index (χ1v) is 9.92. The Morgan fingerprint density at radius 3 is 2.31 bits per heavy atom. The van der Waals surface area contributed by atoms with Gasteiger partial charge in [-0.2, -0.15) is 0 Å². The summed E-state index contributed by atoms with van der Waals surface area (Å²) < 4.78 is 26.7. The van der Waals surface area contributed by atoms with E-state index in [-0.39, 0.29) is 17.9 Å². The first kappa shape index (κ1) is 21.6. The van der Waals surface area contributed by atoms with Crippen molar-refractivity contribution in [1.82, 2.24) is 10.2 Å². The van der Waals surface area contributed by atoms with Crippen LogP contribution in [0.25, 0.3) is 0 Å². The summed E-state index contributed by atoms with van der Waals surface area (Å²) >= 11 is 0. The molecule has 1 aromatic carbocycles. The van der Waals surface area contributed by atoms with Gasteiger partial charge in [-0.25, -0.2) is 9.18 Å². The van der Waals surface area contributed by atoms with E-state index in [1.165, 1.54) is 6.07 Å². The molecule has 2 aliphatic rings. The highest BCUT2D eigenvalue weighted by Crippen LogP contribution is 2.36. The molecular formula is C20H28BFN2O5. The van der Waals surface area contributed by atoms with Gasteiger partial charge in [0.2, 0.25) is 5.91 Å². The van der Waals surface area contributed by atoms with Gasteiger partial charge in [-0.05, 0) is 57.6 Å². The van der Waals surface area contributed by atoms with Crippen molar-refractivity contribution in [2.45, 2.75) is 64.2 Å². The summed E-state index contributed by atoms with van der Waals surface area (Å²) in [5.41, 5.74) is -0.271. The number of hydrogen-bond donors (Lipinski definition) is 2. The SMILES string of the molecule is CC1(C)OB(c2ccc(C[C@H](NC(=O)O)C(=O)N3CCCC3)c(F)c2)OC1(C)C. The Labute approximate surface area is 170 Å². The molecule has 7 nitrogen and oxygen atoms in total. The van der Waals surface area contributed by atoms with E-state index in [1.54, 1.807) is 17.0 Å². The molecule has 3 rings (SSSR count). The molecule has 2 amide bonds. The second-order valence-corrected chi connectivity index (χ2v) is 8.68. The highest BCUT2D eigenvalue weighted by molar-refractivity contribution is 6.62. The van der Waals surface area contributed by atoms with Crippen molar-refractivity contribution in [1.29, 1.82) is 0 Å². The van der Waals surface area contributed by atoms with Crippen molar-refractivity contribution in [3.63, 3.8) is 0 Å². The molecule has 29 heavy (non-hydrogen) atoms. The van der Waals surface area contributed by atoms with Crippen LogP contribution in [0.1, 0.15) is 46.1 Å². The number of likely N-dealkylation sites (tertiary alicyclic amines) is 1. The lowest BCUT2D eigenvalue weighted by Gasteiger charge is -2.32. The molecule has 0 unspecified atom stereocenters. The van der Waals surface area contributed by atoms with Crippen LogP contribution in [0, 0.1) is 5.82 Å². The number of benzene rings is 1. The highest BCUT2D eigenvalue weighted by Gasteiger charge is 2.51. The Balaban J connectivity index is 1.76. The van der Waals surface area contributed by atoms with Gasteiger partial charge in [-0.1, -0.05) is 12.1 Å². The van der Waals surface area contributed by atoms with Gasteiger partial charge >= 0.3 is 13.2 Å². The predicted octanol–water partition coefficient (Wildman–Crippen LogP) is 1.93. The molecule has 0 saturated carbocycles. The van der Waals surface area contributed by atoms with Crippen LogP contribution in [0.3, 0.4) is 0 Å².